The molecule has 0 saturated carbocycles. The summed E-state index contributed by atoms with van der Waals surface area (Å²) in [5, 5.41) is 0.0257. The maximum absolute atomic E-state index is 12.2. The highest BCUT2D eigenvalue weighted by molar-refractivity contribution is 7.92. The van der Waals surface area contributed by atoms with Gasteiger partial charge in [0.05, 0.1) is 23.6 Å². The third-order valence-electron chi connectivity index (χ3n) is 2.98. The molecule has 1 aliphatic rings. The van der Waals surface area contributed by atoms with Gasteiger partial charge in [-0.1, -0.05) is 11.6 Å². The molecule has 2 rings (SSSR count). The van der Waals surface area contributed by atoms with Gasteiger partial charge in [0.15, 0.2) is 9.84 Å². The van der Waals surface area contributed by atoms with Crippen molar-refractivity contribution in [2.24, 2.45) is 0 Å². The molecule has 0 radical (unpaired) electrons. The Morgan fingerprint density at radius 3 is 2.60 bits per heavy atom. The third-order valence-corrected chi connectivity index (χ3v) is 6.75. The average Bonchev–Trinajstić information content (AvgIpc) is 2.67. The van der Waals surface area contributed by atoms with Crippen LogP contribution in [0.1, 0.15) is 6.42 Å². The molecule has 0 amide bonds. The van der Waals surface area contributed by atoms with Crippen molar-refractivity contribution in [2.45, 2.75) is 17.4 Å². The molecule has 0 spiro atoms. The number of sulfone groups is 1. The van der Waals surface area contributed by atoms with Crippen molar-refractivity contribution in [3.8, 4) is 5.75 Å². The van der Waals surface area contributed by atoms with E-state index < -0.39 is 25.9 Å². The first-order chi connectivity index (χ1) is 9.23. The van der Waals surface area contributed by atoms with E-state index in [1.807, 2.05) is 0 Å². The van der Waals surface area contributed by atoms with Crippen LogP contribution in [-0.2, 0) is 19.9 Å². The molecule has 1 aromatic carbocycles. The summed E-state index contributed by atoms with van der Waals surface area (Å²) >= 11 is 5.92. The van der Waals surface area contributed by atoms with Crippen molar-refractivity contribution in [3.63, 3.8) is 0 Å². The van der Waals surface area contributed by atoms with Crippen LogP contribution in [0.4, 0.5) is 0 Å². The van der Waals surface area contributed by atoms with Gasteiger partial charge in [0.25, 0.3) is 0 Å². The first-order valence-corrected chi connectivity index (χ1v) is 9.48. The van der Waals surface area contributed by atoms with Crippen LogP contribution in [0.2, 0.25) is 5.02 Å². The monoisotopic (exact) mass is 339 g/mol. The zero-order valence-corrected chi connectivity index (χ0v) is 13.1. The molecule has 1 fully saturated rings. The Kier molecular flexibility index (Phi) is 4.29. The van der Waals surface area contributed by atoms with Crippen molar-refractivity contribution in [2.75, 3.05) is 18.6 Å². The predicted molar refractivity (Wildman–Crippen MR) is 75.4 cm³/mol. The van der Waals surface area contributed by atoms with Gasteiger partial charge in [-0.3, -0.25) is 0 Å². The lowest BCUT2D eigenvalue weighted by atomic mass is 10.3. The minimum Gasteiger partial charge on any atom is -0.497 e. The Hall–Kier alpha value is -0.830. The van der Waals surface area contributed by atoms with E-state index >= 15 is 0 Å². The largest absolute Gasteiger partial charge is 0.497 e. The van der Waals surface area contributed by atoms with E-state index in [9.17, 15) is 16.8 Å². The van der Waals surface area contributed by atoms with Crippen LogP contribution in [0.15, 0.2) is 23.1 Å². The molecule has 1 aliphatic heterocycles. The molecular weight excluding hydrogens is 326 g/mol. The van der Waals surface area contributed by atoms with Gasteiger partial charge < -0.3 is 4.74 Å². The van der Waals surface area contributed by atoms with Crippen LogP contribution in [0.3, 0.4) is 0 Å². The fourth-order valence-corrected chi connectivity index (χ4v) is 5.58. The minimum atomic E-state index is -3.85. The van der Waals surface area contributed by atoms with Gasteiger partial charge in [-0.15, -0.1) is 0 Å². The number of hydrogen-bond acceptors (Lipinski definition) is 5. The minimum absolute atomic E-state index is 0.00344. The molecule has 1 unspecified atom stereocenters. The molecule has 1 saturated heterocycles. The van der Waals surface area contributed by atoms with Crippen LogP contribution >= 0.6 is 11.6 Å². The van der Waals surface area contributed by atoms with Gasteiger partial charge in [-0.05, 0) is 18.6 Å². The summed E-state index contributed by atoms with van der Waals surface area (Å²) in [4.78, 5) is -0.0933. The molecule has 1 atom stereocenters. The molecule has 6 nitrogen and oxygen atoms in total. The highest BCUT2D eigenvalue weighted by Crippen LogP contribution is 2.26. The van der Waals surface area contributed by atoms with Gasteiger partial charge in [0.1, 0.15) is 10.6 Å². The molecule has 0 aromatic heterocycles. The molecule has 0 aliphatic carbocycles. The number of hydrogen-bond donors (Lipinski definition) is 1. The van der Waals surface area contributed by atoms with Crippen LogP contribution in [0.25, 0.3) is 0 Å². The second-order valence-electron chi connectivity index (χ2n) is 4.52. The van der Waals surface area contributed by atoms with E-state index in [0.717, 1.165) is 0 Å². The lowest BCUT2D eigenvalue weighted by molar-refractivity contribution is 0.414. The summed E-state index contributed by atoms with van der Waals surface area (Å²) < 4.78 is 54.4. The second-order valence-corrected chi connectivity index (χ2v) is 8.84. The Bertz CT molecular complexity index is 714. The van der Waals surface area contributed by atoms with Crippen molar-refractivity contribution >= 4 is 31.5 Å². The average molecular weight is 340 g/mol. The number of rotatable bonds is 4. The lowest BCUT2D eigenvalue weighted by Gasteiger charge is -2.13. The predicted octanol–water partition coefficient (Wildman–Crippen LogP) is 0.814. The topological polar surface area (TPSA) is 89.5 Å². The number of methoxy groups -OCH3 is 1. The molecular formula is C11H14ClNO5S2. The van der Waals surface area contributed by atoms with Gasteiger partial charge in [-0.2, -0.15) is 0 Å². The van der Waals surface area contributed by atoms with E-state index in [0.29, 0.717) is 5.75 Å². The molecule has 1 N–H and O–H groups in total. The first kappa shape index (κ1) is 15.6. The summed E-state index contributed by atoms with van der Waals surface area (Å²) in [6.07, 6.45) is 0.273. The zero-order chi connectivity index (χ0) is 15.0. The van der Waals surface area contributed by atoms with E-state index in [1.54, 1.807) is 0 Å². The standard InChI is InChI=1S/C11H14ClNO5S2/c1-18-9-2-3-11(10(12)6-9)20(16,17)13-8-4-5-19(14,15)7-8/h2-3,6,8,13H,4-5,7H2,1H3. The summed E-state index contributed by atoms with van der Waals surface area (Å²) in [7, 11) is -5.56. The normalized spacial score (nSPS) is 21.8. The van der Waals surface area contributed by atoms with E-state index in [1.165, 1.54) is 25.3 Å². The highest BCUT2D eigenvalue weighted by atomic mass is 35.5. The van der Waals surface area contributed by atoms with E-state index in [4.69, 9.17) is 16.3 Å². The maximum Gasteiger partial charge on any atom is 0.242 e. The number of ether oxygens (including phenoxy) is 1. The molecule has 1 aromatic rings. The third kappa shape index (κ3) is 3.43. The number of sulfonamides is 1. The van der Waals surface area contributed by atoms with Gasteiger partial charge in [0.2, 0.25) is 10.0 Å². The van der Waals surface area contributed by atoms with E-state index in [2.05, 4.69) is 4.72 Å². The van der Waals surface area contributed by atoms with Crippen molar-refractivity contribution in [1.29, 1.82) is 0 Å². The SMILES string of the molecule is COc1ccc(S(=O)(=O)NC2CCS(=O)(=O)C2)c(Cl)c1. The Morgan fingerprint density at radius 1 is 1.40 bits per heavy atom. The van der Waals surface area contributed by atoms with Crippen LogP contribution in [0.5, 0.6) is 5.75 Å². The Balaban J connectivity index is 2.23. The summed E-state index contributed by atoms with van der Waals surface area (Å²) in [5.74, 6) is 0.258. The fourth-order valence-electron chi connectivity index (χ4n) is 2.00. The van der Waals surface area contributed by atoms with Crippen molar-refractivity contribution in [3.05, 3.63) is 23.2 Å². The Morgan fingerprint density at radius 2 is 2.10 bits per heavy atom. The zero-order valence-electron chi connectivity index (χ0n) is 10.7. The highest BCUT2D eigenvalue weighted by Gasteiger charge is 2.32. The lowest BCUT2D eigenvalue weighted by Crippen LogP contribution is -2.35. The molecule has 20 heavy (non-hydrogen) atoms. The quantitative estimate of drug-likeness (QED) is 0.877. The van der Waals surface area contributed by atoms with Crippen LogP contribution < -0.4 is 9.46 Å². The molecule has 0 bridgehead atoms. The molecule has 1 heterocycles. The van der Waals surface area contributed by atoms with Crippen LogP contribution in [-0.4, -0.2) is 41.5 Å². The summed E-state index contributed by atoms with van der Waals surface area (Å²) in [5.41, 5.74) is 0. The van der Waals surface area contributed by atoms with Crippen molar-refractivity contribution < 1.29 is 21.6 Å². The van der Waals surface area contributed by atoms with Gasteiger partial charge in [0, 0.05) is 12.1 Å². The van der Waals surface area contributed by atoms with Gasteiger partial charge >= 0.3 is 0 Å². The first-order valence-electron chi connectivity index (χ1n) is 5.80. The van der Waals surface area contributed by atoms with E-state index in [-0.39, 0.29) is 27.8 Å². The number of nitrogens with one attached hydrogen (secondary N) is 1. The summed E-state index contributed by atoms with van der Waals surface area (Å²) in [6, 6.07) is 3.59. The maximum atomic E-state index is 12.2. The summed E-state index contributed by atoms with van der Waals surface area (Å²) in [6.45, 7) is 0. The smallest absolute Gasteiger partial charge is 0.242 e. The molecule has 9 heteroatoms. The van der Waals surface area contributed by atoms with Crippen molar-refractivity contribution in [1.82, 2.24) is 4.72 Å². The Labute approximate surface area is 123 Å². The molecule has 112 valence electrons. The van der Waals surface area contributed by atoms with Crippen LogP contribution in [0, 0.1) is 0 Å². The van der Waals surface area contributed by atoms with Gasteiger partial charge in [-0.25, -0.2) is 21.6 Å². The number of halogens is 1. The fraction of sp³-hybridized carbons (Fsp3) is 0.455. The second kappa shape index (κ2) is 5.51. The number of benzene rings is 1.